The average molecular weight is 270 g/mol. The Morgan fingerprint density at radius 2 is 2.00 bits per heavy atom. The Morgan fingerprint density at radius 1 is 1.25 bits per heavy atom. The first kappa shape index (κ1) is 14.5. The second-order valence-corrected chi connectivity index (χ2v) is 4.88. The van der Waals surface area contributed by atoms with Crippen LogP contribution in [0.5, 0.6) is 5.75 Å². The third kappa shape index (κ3) is 3.81. The van der Waals surface area contributed by atoms with E-state index in [-0.39, 0.29) is 6.10 Å². The molecule has 106 valence electrons. The van der Waals surface area contributed by atoms with Gasteiger partial charge in [-0.15, -0.1) is 0 Å². The predicted octanol–water partition coefficient (Wildman–Crippen LogP) is 3.64. The maximum Gasteiger partial charge on any atom is 0.128 e. The minimum atomic E-state index is 0.0263. The second-order valence-electron chi connectivity index (χ2n) is 4.88. The Morgan fingerprint density at radius 3 is 2.70 bits per heavy atom. The van der Waals surface area contributed by atoms with E-state index in [0.29, 0.717) is 0 Å². The van der Waals surface area contributed by atoms with Gasteiger partial charge in [-0.25, -0.2) is 0 Å². The third-order valence-corrected chi connectivity index (χ3v) is 3.22. The van der Waals surface area contributed by atoms with Crippen molar-refractivity contribution in [3.05, 3.63) is 59.4 Å². The maximum absolute atomic E-state index is 6.13. The molecule has 0 spiro atoms. The summed E-state index contributed by atoms with van der Waals surface area (Å²) in [5.74, 6) is 0.912. The molecule has 0 aliphatic carbocycles. The first-order chi connectivity index (χ1) is 9.70. The molecule has 1 N–H and O–H groups in total. The van der Waals surface area contributed by atoms with Gasteiger partial charge >= 0.3 is 0 Å². The van der Waals surface area contributed by atoms with E-state index >= 15 is 0 Å². The molecule has 2 rings (SSSR count). The van der Waals surface area contributed by atoms with Crippen LogP contribution in [0.15, 0.2) is 42.6 Å². The lowest BCUT2D eigenvalue weighted by Crippen LogP contribution is -2.14. The normalized spacial score (nSPS) is 12.2. The predicted molar refractivity (Wildman–Crippen MR) is 81.8 cm³/mol. The maximum atomic E-state index is 6.13. The van der Waals surface area contributed by atoms with Crippen LogP contribution in [0.2, 0.25) is 0 Å². The fraction of sp³-hybridized carbons (Fsp3) is 0.353. The summed E-state index contributed by atoms with van der Waals surface area (Å²) < 4.78 is 6.13. The SMILES string of the molecule is CCNCc1cnc(C)cc1OC(C)c1ccccc1. The van der Waals surface area contributed by atoms with Gasteiger partial charge in [-0.3, -0.25) is 4.98 Å². The number of aryl methyl sites for hydroxylation is 1. The summed E-state index contributed by atoms with van der Waals surface area (Å²) in [6, 6.07) is 12.3. The van der Waals surface area contributed by atoms with Gasteiger partial charge in [-0.2, -0.15) is 0 Å². The van der Waals surface area contributed by atoms with E-state index < -0.39 is 0 Å². The lowest BCUT2D eigenvalue weighted by Gasteiger charge is -2.18. The van der Waals surface area contributed by atoms with Crippen molar-refractivity contribution in [2.24, 2.45) is 0 Å². The Bertz CT molecular complexity index is 540. The number of ether oxygens (including phenoxy) is 1. The van der Waals surface area contributed by atoms with Crippen molar-refractivity contribution in [3.63, 3.8) is 0 Å². The summed E-state index contributed by atoms with van der Waals surface area (Å²) in [6.45, 7) is 7.86. The number of hydrogen-bond donors (Lipinski definition) is 1. The highest BCUT2D eigenvalue weighted by Gasteiger charge is 2.11. The molecule has 0 aliphatic rings. The highest BCUT2D eigenvalue weighted by molar-refractivity contribution is 5.33. The monoisotopic (exact) mass is 270 g/mol. The molecule has 1 unspecified atom stereocenters. The molecule has 0 amide bonds. The van der Waals surface area contributed by atoms with Gasteiger partial charge in [-0.05, 0) is 26.0 Å². The van der Waals surface area contributed by atoms with Crippen LogP contribution in [0, 0.1) is 6.92 Å². The highest BCUT2D eigenvalue weighted by atomic mass is 16.5. The lowest BCUT2D eigenvalue weighted by atomic mass is 10.1. The summed E-state index contributed by atoms with van der Waals surface area (Å²) in [5, 5.41) is 3.32. The van der Waals surface area contributed by atoms with Crippen molar-refractivity contribution in [2.45, 2.75) is 33.4 Å². The Balaban J connectivity index is 2.17. The van der Waals surface area contributed by atoms with E-state index in [0.717, 1.165) is 30.1 Å². The van der Waals surface area contributed by atoms with Crippen molar-refractivity contribution in [2.75, 3.05) is 6.54 Å². The fourth-order valence-corrected chi connectivity index (χ4v) is 2.05. The first-order valence-corrected chi connectivity index (χ1v) is 7.08. The number of benzene rings is 1. The molecule has 1 heterocycles. The number of rotatable bonds is 6. The van der Waals surface area contributed by atoms with Crippen LogP contribution in [0.4, 0.5) is 0 Å². The number of aromatic nitrogens is 1. The Kier molecular flexibility index (Phi) is 5.13. The van der Waals surface area contributed by atoms with Gasteiger partial charge in [0.1, 0.15) is 11.9 Å². The minimum absolute atomic E-state index is 0.0263. The van der Waals surface area contributed by atoms with E-state index in [2.05, 4.69) is 36.3 Å². The third-order valence-electron chi connectivity index (χ3n) is 3.22. The quantitative estimate of drug-likeness (QED) is 0.870. The summed E-state index contributed by atoms with van der Waals surface area (Å²) in [5.41, 5.74) is 3.25. The molecular formula is C17H22N2O. The minimum Gasteiger partial charge on any atom is -0.486 e. The van der Waals surface area contributed by atoms with Gasteiger partial charge in [-0.1, -0.05) is 37.3 Å². The molecule has 0 fully saturated rings. The number of hydrogen-bond acceptors (Lipinski definition) is 3. The van der Waals surface area contributed by atoms with Crippen LogP contribution in [-0.2, 0) is 6.54 Å². The molecule has 0 radical (unpaired) electrons. The smallest absolute Gasteiger partial charge is 0.128 e. The van der Waals surface area contributed by atoms with E-state index in [4.69, 9.17) is 4.74 Å². The molecule has 1 aromatic heterocycles. The van der Waals surface area contributed by atoms with E-state index in [1.807, 2.05) is 37.4 Å². The highest BCUT2D eigenvalue weighted by Crippen LogP contribution is 2.25. The zero-order valence-corrected chi connectivity index (χ0v) is 12.4. The van der Waals surface area contributed by atoms with E-state index in [1.54, 1.807) is 0 Å². The zero-order valence-electron chi connectivity index (χ0n) is 12.4. The topological polar surface area (TPSA) is 34.2 Å². The zero-order chi connectivity index (χ0) is 14.4. The van der Waals surface area contributed by atoms with Gasteiger partial charge in [0.05, 0.1) is 0 Å². The van der Waals surface area contributed by atoms with Crippen LogP contribution in [0.3, 0.4) is 0 Å². The molecule has 20 heavy (non-hydrogen) atoms. The van der Waals surface area contributed by atoms with Crippen molar-refractivity contribution in [1.82, 2.24) is 10.3 Å². The first-order valence-electron chi connectivity index (χ1n) is 7.08. The molecule has 0 aliphatic heterocycles. The van der Waals surface area contributed by atoms with Gasteiger partial charge in [0.15, 0.2) is 0 Å². The van der Waals surface area contributed by atoms with Crippen molar-refractivity contribution in [3.8, 4) is 5.75 Å². The van der Waals surface area contributed by atoms with Crippen LogP contribution in [0.25, 0.3) is 0 Å². The molecule has 1 aromatic carbocycles. The molecule has 0 saturated carbocycles. The number of nitrogens with zero attached hydrogens (tertiary/aromatic N) is 1. The van der Waals surface area contributed by atoms with Crippen molar-refractivity contribution >= 4 is 0 Å². The Labute approximate surface area is 121 Å². The van der Waals surface area contributed by atoms with Crippen LogP contribution >= 0.6 is 0 Å². The fourth-order valence-electron chi connectivity index (χ4n) is 2.05. The standard InChI is InChI=1S/C17H22N2O/c1-4-18-11-16-12-19-13(2)10-17(16)20-14(3)15-8-6-5-7-9-15/h5-10,12,14,18H,4,11H2,1-3H3. The van der Waals surface area contributed by atoms with Gasteiger partial charge in [0.25, 0.3) is 0 Å². The van der Waals surface area contributed by atoms with Crippen LogP contribution in [0.1, 0.15) is 36.8 Å². The van der Waals surface area contributed by atoms with Crippen molar-refractivity contribution in [1.29, 1.82) is 0 Å². The van der Waals surface area contributed by atoms with Gasteiger partial charge in [0, 0.05) is 30.1 Å². The summed E-state index contributed by atoms with van der Waals surface area (Å²) in [6.07, 6.45) is 1.92. The summed E-state index contributed by atoms with van der Waals surface area (Å²) >= 11 is 0. The molecule has 0 saturated heterocycles. The van der Waals surface area contributed by atoms with Crippen LogP contribution in [-0.4, -0.2) is 11.5 Å². The van der Waals surface area contributed by atoms with Gasteiger partial charge < -0.3 is 10.1 Å². The molecule has 2 aromatic rings. The van der Waals surface area contributed by atoms with E-state index in [9.17, 15) is 0 Å². The molecule has 0 bridgehead atoms. The molecular weight excluding hydrogens is 248 g/mol. The molecule has 1 atom stereocenters. The average Bonchev–Trinajstić information content (AvgIpc) is 2.47. The Hall–Kier alpha value is -1.87. The largest absolute Gasteiger partial charge is 0.486 e. The molecule has 3 heteroatoms. The summed E-state index contributed by atoms with van der Waals surface area (Å²) in [7, 11) is 0. The van der Waals surface area contributed by atoms with Crippen molar-refractivity contribution < 1.29 is 4.74 Å². The van der Waals surface area contributed by atoms with Crippen LogP contribution < -0.4 is 10.1 Å². The lowest BCUT2D eigenvalue weighted by molar-refractivity contribution is 0.223. The summed E-state index contributed by atoms with van der Waals surface area (Å²) in [4.78, 5) is 4.35. The second kappa shape index (κ2) is 7.06. The number of nitrogens with one attached hydrogen (secondary N) is 1. The van der Waals surface area contributed by atoms with E-state index in [1.165, 1.54) is 5.56 Å². The molecule has 3 nitrogen and oxygen atoms in total. The number of pyridine rings is 1. The van der Waals surface area contributed by atoms with Gasteiger partial charge in [0.2, 0.25) is 0 Å².